The molecular formula is C27H27N7S3. The number of hydrogen-bond acceptors (Lipinski definition) is 7. The largest absolute Gasteiger partial charge is 0.333 e. The molecule has 0 amide bonds. The Bertz CT molecular complexity index is 1320. The van der Waals surface area contributed by atoms with Crippen LogP contribution < -0.4 is 0 Å². The van der Waals surface area contributed by atoms with Crippen molar-refractivity contribution in [2.75, 3.05) is 36.9 Å². The van der Waals surface area contributed by atoms with Gasteiger partial charge in [-0.2, -0.15) is 0 Å². The van der Waals surface area contributed by atoms with Gasteiger partial charge in [0.25, 0.3) is 0 Å². The van der Waals surface area contributed by atoms with E-state index in [1.54, 1.807) is 35.3 Å². The topological polar surface area (TPSA) is 89.3 Å². The molecule has 0 atom stereocenters. The van der Waals surface area contributed by atoms with E-state index in [4.69, 9.17) is 15.0 Å². The lowest BCUT2D eigenvalue weighted by atomic mass is 10.3. The van der Waals surface area contributed by atoms with E-state index in [0.717, 1.165) is 85.5 Å². The van der Waals surface area contributed by atoms with Crippen molar-refractivity contribution in [3.63, 3.8) is 0 Å². The van der Waals surface area contributed by atoms with Crippen LogP contribution in [0.25, 0.3) is 33.1 Å². The van der Waals surface area contributed by atoms with Crippen molar-refractivity contribution in [3.8, 4) is 0 Å². The van der Waals surface area contributed by atoms with E-state index in [2.05, 4.69) is 38.1 Å². The van der Waals surface area contributed by atoms with Gasteiger partial charge in [-0.05, 0) is 36.4 Å². The van der Waals surface area contributed by atoms with Crippen molar-refractivity contribution >= 4 is 68.4 Å². The molecule has 0 aliphatic rings. The Hall–Kier alpha value is -2.92. The maximum atomic E-state index is 4.71. The zero-order valence-corrected chi connectivity index (χ0v) is 22.6. The summed E-state index contributed by atoms with van der Waals surface area (Å²) in [4.78, 5) is 26.9. The first-order chi connectivity index (χ1) is 18.3. The minimum Gasteiger partial charge on any atom is -0.333 e. The third kappa shape index (κ3) is 6.15. The number of H-pyrrole nitrogens is 3. The van der Waals surface area contributed by atoms with Crippen LogP contribution in [0.1, 0.15) is 0 Å². The highest BCUT2D eigenvalue weighted by molar-refractivity contribution is 7.99. The van der Waals surface area contributed by atoms with Gasteiger partial charge in [-0.1, -0.05) is 71.7 Å². The van der Waals surface area contributed by atoms with E-state index >= 15 is 0 Å². The standard InChI is InChI=1S/C27H27N7S3/c1-2-8-20-19(7-1)28-25(29-20)35-16-13-34(14-17-36-26-30-21-9-3-4-10-22(21)31-26)15-18-37-27-32-23-11-5-6-12-24(23)33-27/h1-12H,13-18H2,(H,28,29)(H,30,31)(H,32,33). The highest BCUT2D eigenvalue weighted by atomic mass is 32.2. The predicted molar refractivity (Wildman–Crippen MR) is 157 cm³/mol. The summed E-state index contributed by atoms with van der Waals surface area (Å²) in [7, 11) is 0. The Morgan fingerprint density at radius 2 is 0.811 bits per heavy atom. The maximum absolute atomic E-state index is 4.71. The van der Waals surface area contributed by atoms with E-state index in [0.29, 0.717) is 0 Å². The number of nitrogens with one attached hydrogen (secondary N) is 3. The zero-order valence-electron chi connectivity index (χ0n) is 20.2. The van der Waals surface area contributed by atoms with E-state index in [1.165, 1.54) is 0 Å². The van der Waals surface area contributed by atoms with Gasteiger partial charge in [-0.25, -0.2) is 15.0 Å². The average molecular weight is 546 g/mol. The molecule has 3 heterocycles. The quantitative estimate of drug-likeness (QED) is 0.156. The van der Waals surface area contributed by atoms with E-state index < -0.39 is 0 Å². The molecule has 0 fully saturated rings. The summed E-state index contributed by atoms with van der Waals surface area (Å²) in [6, 6.07) is 24.6. The monoisotopic (exact) mass is 545 g/mol. The molecule has 0 saturated heterocycles. The third-order valence-electron chi connectivity index (χ3n) is 6.04. The molecule has 0 saturated carbocycles. The minimum atomic E-state index is 0.977. The fourth-order valence-corrected chi connectivity index (χ4v) is 6.81. The van der Waals surface area contributed by atoms with Crippen LogP contribution in [0, 0.1) is 0 Å². The summed E-state index contributed by atoms with van der Waals surface area (Å²) >= 11 is 5.34. The number of imidazole rings is 3. The predicted octanol–water partition coefficient (Wildman–Crippen LogP) is 6.29. The number of fused-ring (bicyclic) bond motifs is 3. The Morgan fingerprint density at radius 1 is 0.486 bits per heavy atom. The summed E-state index contributed by atoms with van der Waals surface area (Å²) in [5, 5.41) is 2.94. The van der Waals surface area contributed by atoms with Crippen LogP contribution in [0.3, 0.4) is 0 Å². The third-order valence-corrected chi connectivity index (χ3v) is 8.60. The van der Waals surface area contributed by atoms with Crippen LogP contribution in [0.15, 0.2) is 88.3 Å². The molecule has 188 valence electrons. The number of para-hydroxylation sites is 6. The molecule has 3 aromatic heterocycles. The molecule has 3 N–H and O–H groups in total. The van der Waals surface area contributed by atoms with Crippen molar-refractivity contribution in [2.24, 2.45) is 0 Å². The van der Waals surface area contributed by atoms with E-state index in [9.17, 15) is 0 Å². The first kappa shape index (κ1) is 24.4. The fourth-order valence-electron chi connectivity index (χ4n) is 4.14. The summed E-state index contributed by atoms with van der Waals surface area (Å²) in [5.41, 5.74) is 6.33. The van der Waals surface area contributed by atoms with Gasteiger partial charge in [-0.3, -0.25) is 0 Å². The Morgan fingerprint density at radius 3 is 1.14 bits per heavy atom. The van der Waals surface area contributed by atoms with Gasteiger partial charge in [0.2, 0.25) is 0 Å². The molecular weight excluding hydrogens is 519 g/mol. The molecule has 3 aromatic carbocycles. The summed E-state index contributed by atoms with van der Waals surface area (Å²) < 4.78 is 0. The van der Waals surface area contributed by atoms with Crippen LogP contribution in [0.2, 0.25) is 0 Å². The van der Waals surface area contributed by atoms with Crippen molar-refractivity contribution in [3.05, 3.63) is 72.8 Å². The Kier molecular flexibility index (Phi) is 7.68. The number of benzene rings is 3. The molecule has 6 aromatic rings. The first-order valence-electron chi connectivity index (χ1n) is 12.3. The van der Waals surface area contributed by atoms with Gasteiger partial charge in [0.05, 0.1) is 33.1 Å². The van der Waals surface area contributed by atoms with Gasteiger partial charge >= 0.3 is 0 Å². The number of hydrogen-bond donors (Lipinski definition) is 3. The molecule has 0 spiro atoms. The maximum Gasteiger partial charge on any atom is 0.166 e. The normalized spacial score (nSPS) is 11.9. The molecule has 0 aliphatic heterocycles. The van der Waals surface area contributed by atoms with Crippen molar-refractivity contribution in [1.82, 2.24) is 34.8 Å². The van der Waals surface area contributed by atoms with E-state index in [-0.39, 0.29) is 0 Å². The molecule has 0 bridgehead atoms. The number of aromatic nitrogens is 6. The van der Waals surface area contributed by atoms with E-state index in [1.807, 2.05) is 54.6 Å². The number of nitrogens with zero attached hydrogens (tertiary/aromatic N) is 4. The smallest absolute Gasteiger partial charge is 0.166 e. The van der Waals surface area contributed by atoms with Gasteiger partial charge < -0.3 is 19.9 Å². The molecule has 0 aliphatic carbocycles. The number of aromatic amines is 3. The summed E-state index contributed by atoms with van der Waals surface area (Å²) in [6.45, 7) is 2.97. The molecule has 0 radical (unpaired) electrons. The van der Waals surface area contributed by atoms with Crippen LogP contribution in [-0.2, 0) is 0 Å². The van der Waals surface area contributed by atoms with Gasteiger partial charge in [0.15, 0.2) is 15.5 Å². The Balaban J connectivity index is 1.05. The summed E-state index contributed by atoms with van der Waals surface area (Å²) in [6.07, 6.45) is 0. The van der Waals surface area contributed by atoms with Crippen molar-refractivity contribution in [1.29, 1.82) is 0 Å². The average Bonchev–Trinajstić information content (AvgIpc) is 3.63. The molecule has 0 unspecified atom stereocenters. The second-order valence-electron chi connectivity index (χ2n) is 8.56. The van der Waals surface area contributed by atoms with Crippen molar-refractivity contribution in [2.45, 2.75) is 15.5 Å². The highest BCUT2D eigenvalue weighted by Gasteiger charge is 2.11. The zero-order chi connectivity index (χ0) is 24.9. The lowest BCUT2D eigenvalue weighted by molar-refractivity contribution is 0.329. The minimum absolute atomic E-state index is 0.977. The lowest BCUT2D eigenvalue weighted by Crippen LogP contribution is -2.31. The first-order valence-corrected chi connectivity index (χ1v) is 15.2. The molecule has 7 nitrogen and oxygen atoms in total. The van der Waals surface area contributed by atoms with Crippen LogP contribution in [-0.4, -0.2) is 71.7 Å². The number of thioether (sulfide) groups is 3. The second kappa shape index (κ2) is 11.6. The molecule has 6 rings (SSSR count). The van der Waals surface area contributed by atoms with Crippen molar-refractivity contribution < 1.29 is 0 Å². The highest BCUT2D eigenvalue weighted by Crippen LogP contribution is 2.22. The van der Waals surface area contributed by atoms with Gasteiger partial charge in [0, 0.05) is 36.9 Å². The fraction of sp³-hybridized carbons (Fsp3) is 0.222. The van der Waals surface area contributed by atoms with Gasteiger partial charge in [-0.15, -0.1) is 0 Å². The SMILES string of the molecule is c1ccc2[nH]c(SCCN(CCSc3nc4ccccc4[nH]3)CCSc3nc4ccccc4[nH]3)nc2c1. The molecule has 10 heteroatoms. The molecule has 37 heavy (non-hydrogen) atoms. The number of rotatable bonds is 12. The Labute approximate surface area is 227 Å². The lowest BCUT2D eigenvalue weighted by Gasteiger charge is -2.21. The van der Waals surface area contributed by atoms with Crippen LogP contribution >= 0.6 is 35.3 Å². The van der Waals surface area contributed by atoms with Crippen LogP contribution in [0.5, 0.6) is 0 Å². The van der Waals surface area contributed by atoms with Gasteiger partial charge in [0.1, 0.15) is 0 Å². The second-order valence-corrected chi connectivity index (χ2v) is 11.8. The van der Waals surface area contributed by atoms with Crippen LogP contribution in [0.4, 0.5) is 0 Å². The summed E-state index contributed by atoms with van der Waals surface area (Å²) in [5.74, 6) is 2.93.